The Morgan fingerprint density at radius 1 is 1.15 bits per heavy atom. The van der Waals surface area contributed by atoms with E-state index in [1.807, 2.05) is 0 Å². The highest BCUT2D eigenvalue weighted by Gasteiger charge is 2.28. The second-order valence-electron chi connectivity index (χ2n) is 7.55. The van der Waals surface area contributed by atoms with Gasteiger partial charge in [0.1, 0.15) is 23.1 Å². The van der Waals surface area contributed by atoms with Gasteiger partial charge in [0.25, 0.3) is 5.56 Å². The van der Waals surface area contributed by atoms with Gasteiger partial charge in [-0.3, -0.25) is 4.79 Å². The molecule has 2 heterocycles. The average Bonchev–Trinajstić information content (AvgIpc) is 3.08. The number of carbonyl (C=O) groups is 1. The molecule has 0 bridgehead atoms. The van der Waals surface area contributed by atoms with Crippen LogP contribution < -0.4 is 5.56 Å². The number of carboxylic acids is 1. The molecule has 0 unspecified atom stereocenters. The number of allylic oxidation sites excluding steroid dienone is 1. The molecule has 4 aromatic rings. The third-order valence-electron chi connectivity index (χ3n) is 5.56. The Morgan fingerprint density at radius 2 is 1.91 bits per heavy atom. The first-order chi connectivity index (χ1) is 15.7. The predicted molar refractivity (Wildman–Crippen MR) is 120 cm³/mol. The summed E-state index contributed by atoms with van der Waals surface area (Å²) in [4.78, 5) is 27.6. The van der Waals surface area contributed by atoms with Gasteiger partial charge < -0.3 is 14.7 Å². The first kappa shape index (κ1) is 22.1. The molecule has 8 heteroatoms. The van der Waals surface area contributed by atoms with Crippen LogP contribution in [0, 0.1) is 24.4 Å². The predicted octanol–water partition coefficient (Wildman–Crippen LogP) is 5.50. The van der Waals surface area contributed by atoms with E-state index in [1.54, 1.807) is 32.1 Å². The number of H-pyrrole nitrogens is 1. The monoisotopic (exact) mass is 452 g/mol. The van der Waals surface area contributed by atoms with E-state index in [-0.39, 0.29) is 40.0 Å². The lowest BCUT2D eigenvalue weighted by atomic mass is 9.96. The van der Waals surface area contributed by atoms with Crippen LogP contribution in [0.3, 0.4) is 0 Å². The number of halogens is 3. The summed E-state index contributed by atoms with van der Waals surface area (Å²) in [5, 5.41) is 10.5. The second kappa shape index (κ2) is 8.46. The number of aryl methyl sites for hydroxylation is 1. The minimum absolute atomic E-state index is 0.0690. The first-order valence-electron chi connectivity index (χ1n) is 10.1. The molecule has 4 rings (SSSR count). The van der Waals surface area contributed by atoms with Crippen molar-refractivity contribution in [1.29, 1.82) is 0 Å². The Balaban J connectivity index is 2.19. The Bertz CT molecular complexity index is 1500. The number of rotatable bonds is 5. The van der Waals surface area contributed by atoms with E-state index in [2.05, 4.69) is 4.98 Å². The molecule has 0 spiro atoms. The number of aromatic carboxylic acids is 1. The average molecular weight is 452 g/mol. The largest absolute Gasteiger partial charge is 0.477 e. The van der Waals surface area contributed by atoms with Crippen LogP contribution in [0.2, 0.25) is 0 Å². The Hall–Kier alpha value is -4.07. The second-order valence-corrected chi connectivity index (χ2v) is 7.55. The summed E-state index contributed by atoms with van der Waals surface area (Å²) in [6.45, 7) is 2.96. The molecule has 2 aromatic carbocycles. The lowest BCUT2D eigenvalue weighted by molar-refractivity contribution is 0.0687. The van der Waals surface area contributed by atoms with Gasteiger partial charge in [-0.05, 0) is 55.8 Å². The molecule has 0 radical (unpaired) electrons. The van der Waals surface area contributed by atoms with Crippen LogP contribution in [0.25, 0.3) is 28.1 Å². The quantitative estimate of drug-likeness (QED) is 0.420. The minimum Gasteiger partial charge on any atom is -0.477 e. The van der Waals surface area contributed by atoms with Crippen LogP contribution in [0.15, 0.2) is 53.5 Å². The van der Waals surface area contributed by atoms with Crippen LogP contribution in [0.5, 0.6) is 0 Å². The zero-order valence-corrected chi connectivity index (χ0v) is 17.7. The number of aromatic nitrogens is 2. The number of nitrogens with one attached hydrogen (secondary N) is 1. The lowest BCUT2D eigenvalue weighted by Gasteiger charge is -2.11. The van der Waals surface area contributed by atoms with Crippen molar-refractivity contribution >= 4 is 22.9 Å². The van der Waals surface area contributed by atoms with Crippen LogP contribution in [-0.2, 0) is 6.54 Å². The van der Waals surface area contributed by atoms with Crippen molar-refractivity contribution in [2.24, 2.45) is 0 Å². The van der Waals surface area contributed by atoms with Gasteiger partial charge in [-0.15, -0.1) is 0 Å². The zero-order chi connectivity index (χ0) is 23.9. The van der Waals surface area contributed by atoms with Gasteiger partial charge in [0, 0.05) is 33.8 Å². The van der Waals surface area contributed by atoms with E-state index in [9.17, 15) is 23.5 Å². The maximum Gasteiger partial charge on any atom is 0.353 e. The fourth-order valence-electron chi connectivity index (χ4n) is 4.15. The number of nitrogens with zero attached hydrogens (tertiary/aromatic N) is 1. The standard InChI is InChI=1S/C25H19F3N2O3/c1-3-5-16-13(2)21-20(11-19(16)28)30(12-14-10-15(26)7-8-18(14)27)23(25(32)33)22(21)17-6-4-9-29-24(17)31/h3-11H,12H2,1-2H3,(H,29,31)(H,32,33)/b5-3-. The number of carboxylic acid groups (broad SMARTS) is 1. The fourth-order valence-corrected chi connectivity index (χ4v) is 4.15. The maximum absolute atomic E-state index is 15.0. The van der Waals surface area contributed by atoms with Crippen LogP contribution in [-0.4, -0.2) is 20.6 Å². The summed E-state index contributed by atoms with van der Waals surface area (Å²) < 4.78 is 44.5. The molecule has 0 atom stereocenters. The van der Waals surface area contributed by atoms with E-state index in [4.69, 9.17) is 0 Å². The summed E-state index contributed by atoms with van der Waals surface area (Å²) in [5.74, 6) is -3.44. The lowest BCUT2D eigenvalue weighted by Crippen LogP contribution is -2.14. The van der Waals surface area contributed by atoms with Gasteiger partial charge in [-0.25, -0.2) is 18.0 Å². The molecule has 2 aromatic heterocycles. The summed E-state index contributed by atoms with van der Waals surface area (Å²) in [6.07, 6.45) is 4.60. The molecule has 0 aliphatic heterocycles. The molecule has 0 saturated carbocycles. The first-order valence-corrected chi connectivity index (χ1v) is 10.1. The number of hydrogen-bond acceptors (Lipinski definition) is 2. The number of hydrogen-bond donors (Lipinski definition) is 2. The van der Waals surface area contributed by atoms with Crippen LogP contribution in [0.1, 0.15) is 34.1 Å². The highest BCUT2D eigenvalue weighted by molar-refractivity contribution is 6.10. The number of aromatic amines is 1. The molecule has 0 amide bonds. The topological polar surface area (TPSA) is 75.1 Å². The Kier molecular flexibility index (Phi) is 5.68. The van der Waals surface area contributed by atoms with Crippen molar-refractivity contribution in [3.05, 3.63) is 98.9 Å². The van der Waals surface area contributed by atoms with E-state index in [0.717, 1.165) is 24.3 Å². The zero-order valence-electron chi connectivity index (χ0n) is 17.7. The van der Waals surface area contributed by atoms with Gasteiger partial charge >= 0.3 is 5.97 Å². The molecule has 2 N–H and O–H groups in total. The smallest absolute Gasteiger partial charge is 0.353 e. The number of pyridine rings is 1. The molecule has 0 aliphatic carbocycles. The molecule has 5 nitrogen and oxygen atoms in total. The third kappa shape index (κ3) is 3.73. The highest BCUT2D eigenvalue weighted by atomic mass is 19.1. The molecule has 0 aliphatic rings. The number of fused-ring (bicyclic) bond motifs is 1. The Labute approximate surface area is 186 Å². The van der Waals surface area contributed by atoms with E-state index in [1.165, 1.54) is 16.8 Å². The van der Waals surface area contributed by atoms with E-state index < -0.39 is 29.0 Å². The van der Waals surface area contributed by atoms with Gasteiger partial charge in [0.2, 0.25) is 0 Å². The van der Waals surface area contributed by atoms with Crippen molar-refractivity contribution in [1.82, 2.24) is 9.55 Å². The SMILES string of the molecule is C/C=C\c1c(F)cc2c(c1C)c(-c1ccc[nH]c1=O)c(C(=O)O)n2Cc1cc(F)ccc1F. The maximum atomic E-state index is 15.0. The molecule has 0 fully saturated rings. The van der Waals surface area contributed by atoms with Crippen molar-refractivity contribution in [2.75, 3.05) is 0 Å². The van der Waals surface area contributed by atoms with Crippen LogP contribution >= 0.6 is 0 Å². The van der Waals surface area contributed by atoms with Crippen molar-refractivity contribution < 1.29 is 23.1 Å². The molecule has 33 heavy (non-hydrogen) atoms. The van der Waals surface area contributed by atoms with Crippen molar-refractivity contribution in [3.8, 4) is 11.1 Å². The van der Waals surface area contributed by atoms with Crippen LogP contribution in [0.4, 0.5) is 13.2 Å². The summed E-state index contributed by atoms with van der Waals surface area (Å²) in [5.41, 5.74) is -0.0141. The molecule has 0 saturated heterocycles. The minimum atomic E-state index is -1.39. The third-order valence-corrected chi connectivity index (χ3v) is 5.56. The van der Waals surface area contributed by atoms with Crippen molar-refractivity contribution in [2.45, 2.75) is 20.4 Å². The Morgan fingerprint density at radius 3 is 2.58 bits per heavy atom. The molecular formula is C25H19F3N2O3. The highest BCUT2D eigenvalue weighted by Crippen LogP contribution is 2.39. The summed E-state index contributed by atoms with van der Waals surface area (Å²) in [6, 6.07) is 7.01. The molecule has 168 valence electrons. The van der Waals surface area contributed by atoms with E-state index in [0.29, 0.717) is 10.9 Å². The normalized spacial score (nSPS) is 11.5. The van der Waals surface area contributed by atoms with Gasteiger partial charge in [-0.1, -0.05) is 12.2 Å². The van der Waals surface area contributed by atoms with Gasteiger partial charge in [0.15, 0.2) is 0 Å². The number of benzene rings is 2. The van der Waals surface area contributed by atoms with Gasteiger partial charge in [0.05, 0.1) is 12.1 Å². The summed E-state index contributed by atoms with van der Waals surface area (Å²) in [7, 11) is 0. The molecular weight excluding hydrogens is 433 g/mol. The fraction of sp³-hybridized carbons (Fsp3) is 0.120. The van der Waals surface area contributed by atoms with Gasteiger partial charge in [-0.2, -0.15) is 0 Å². The van der Waals surface area contributed by atoms with Crippen molar-refractivity contribution in [3.63, 3.8) is 0 Å². The summed E-state index contributed by atoms with van der Waals surface area (Å²) >= 11 is 0. The van der Waals surface area contributed by atoms with E-state index >= 15 is 4.39 Å².